The van der Waals surface area contributed by atoms with Crippen molar-refractivity contribution < 1.29 is 0 Å². The van der Waals surface area contributed by atoms with Crippen LogP contribution in [0.2, 0.25) is 0 Å². The second-order valence-corrected chi connectivity index (χ2v) is 4.85. The Kier molecular flexibility index (Phi) is 3.85. The Hall–Kier alpha value is -1.00. The normalized spacial score (nSPS) is 13.1. The van der Waals surface area contributed by atoms with E-state index in [0.717, 1.165) is 12.3 Å². The number of hydrogen-bond donors (Lipinski definition) is 1. The number of thioether (sulfide) groups is 1. The maximum atomic E-state index is 4.31. The molecule has 3 nitrogen and oxygen atoms in total. The second kappa shape index (κ2) is 5.37. The van der Waals surface area contributed by atoms with Gasteiger partial charge in [0.05, 0.1) is 11.7 Å². The first-order valence-electron chi connectivity index (χ1n) is 5.45. The zero-order valence-corrected chi connectivity index (χ0v) is 10.5. The zero-order valence-electron chi connectivity index (χ0n) is 9.68. The maximum Gasteiger partial charge on any atom is 0.0706 e. The number of fused-ring (bicyclic) bond motifs is 1. The number of hydrogen-bond acceptors (Lipinski definition) is 3. The van der Waals surface area contributed by atoms with E-state index in [4.69, 9.17) is 0 Å². The van der Waals surface area contributed by atoms with Crippen LogP contribution in [0.5, 0.6) is 0 Å². The molecule has 0 saturated carbocycles. The van der Waals surface area contributed by atoms with E-state index in [0.29, 0.717) is 6.04 Å². The molecule has 1 unspecified atom stereocenters. The quantitative estimate of drug-likeness (QED) is 0.861. The SMILES string of the molecule is CSCC(C)NCc1cnn2ccccc12. The third-order valence-electron chi connectivity index (χ3n) is 2.56. The molecule has 16 heavy (non-hydrogen) atoms. The summed E-state index contributed by atoms with van der Waals surface area (Å²) in [7, 11) is 0. The van der Waals surface area contributed by atoms with Gasteiger partial charge in [-0.2, -0.15) is 16.9 Å². The fraction of sp³-hybridized carbons (Fsp3) is 0.417. The van der Waals surface area contributed by atoms with E-state index in [1.54, 1.807) is 0 Å². The highest BCUT2D eigenvalue weighted by molar-refractivity contribution is 7.98. The molecular formula is C12H17N3S. The lowest BCUT2D eigenvalue weighted by molar-refractivity contribution is 0.598. The Morgan fingerprint density at radius 1 is 1.50 bits per heavy atom. The van der Waals surface area contributed by atoms with Crippen LogP contribution < -0.4 is 5.32 Å². The smallest absolute Gasteiger partial charge is 0.0706 e. The fourth-order valence-electron chi connectivity index (χ4n) is 1.72. The molecule has 0 aliphatic rings. The molecule has 0 aromatic carbocycles. The van der Waals surface area contributed by atoms with Crippen molar-refractivity contribution in [2.75, 3.05) is 12.0 Å². The molecule has 2 rings (SSSR count). The molecule has 4 heteroatoms. The summed E-state index contributed by atoms with van der Waals surface area (Å²) in [6, 6.07) is 6.68. The zero-order chi connectivity index (χ0) is 11.4. The Labute approximate surface area is 100 Å². The van der Waals surface area contributed by atoms with Gasteiger partial charge in [0.1, 0.15) is 0 Å². The summed E-state index contributed by atoms with van der Waals surface area (Å²) in [5.74, 6) is 1.14. The number of pyridine rings is 1. The van der Waals surface area contributed by atoms with Gasteiger partial charge in [0.2, 0.25) is 0 Å². The molecule has 2 aromatic rings. The van der Waals surface area contributed by atoms with Crippen molar-refractivity contribution in [2.24, 2.45) is 0 Å². The van der Waals surface area contributed by atoms with Gasteiger partial charge in [-0.15, -0.1) is 0 Å². The number of nitrogens with zero attached hydrogens (tertiary/aromatic N) is 2. The molecule has 0 fully saturated rings. The van der Waals surface area contributed by atoms with Gasteiger partial charge in [-0.05, 0) is 25.3 Å². The van der Waals surface area contributed by atoms with Crippen molar-refractivity contribution in [3.05, 3.63) is 36.2 Å². The summed E-state index contributed by atoms with van der Waals surface area (Å²) in [6.45, 7) is 3.09. The van der Waals surface area contributed by atoms with E-state index in [-0.39, 0.29) is 0 Å². The summed E-state index contributed by atoms with van der Waals surface area (Å²) >= 11 is 1.87. The maximum absolute atomic E-state index is 4.31. The topological polar surface area (TPSA) is 29.3 Å². The molecule has 0 saturated heterocycles. The van der Waals surface area contributed by atoms with Gasteiger partial charge in [-0.1, -0.05) is 6.07 Å². The Morgan fingerprint density at radius 3 is 3.19 bits per heavy atom. The van der Waals surface area contributed by atoms with Crippen molar-refractivity contribution >= 4 is 17.3 Å². The van der Waals surface area contributed by atoms with Gasteiger partial charge in [-0.3, -0.25) is 0 Å². The summed E-state index contributed by atoms with van der Waals surface area (Å²) in [5, 5.41) is 7.82. The predicted octanol–water partition coefficient (Wildman–Crippen LogP) is 2.18. The predicted molar refractivity (Wildman–Crippen MR) is 69.9 cm³/mol. The molecule has 0 spiro atoms. The molecule has 0 amide bonds. The van der Waals surface area contributed by atoms with Crippen LogP contribution in [0.4, 0.5) is 0 Å². The average molecular weight is 235 g/mol. The van der Waals surface area contributed by atoms with Crippen LogP contribution in [0, 0.1) is 0 Å². The molecular weight excluding hydrogens is 218 g/mol. The largest absolute Gasteiger partial charge is 0.309 e. The number of nitrogens with one attached hydrogen (secondary N) is 1. The first-order valence-corrected chi connectivity index (χ1v) is 6.84. The van der Waals surface area contributed by atoms with Gasteiger partial charge in [0.25, 0.3) is 0 Å². The average Bonchev–Trinajstić information content (AvgIpc) is 2.70. The highest BCUT2D eigenvalue weighted by atomic mass is 32.2. The number of rotatable bonds is 5. The van der Waals surface area contributed by atoms with Crippen molar-refractivity contribution in [3.63, 3.8) is 0 Å². The minimum Gasteiger partial charge on any atom is -0.309 e. The molecule has 86 valence electrons. The van der Waals surface area contributed by atoms with Crippen molar-refractivity contribution in [1.29, 1.82) is 0 Å². The van der Waals surface area contributed by atoms with Crippen molar-refractivity contribution in [3.8, 4) is 0 Å². The Bertz CT molecular complexity index is 452. The molecule has 0 bridgehead atoms. The molecule has 2 aromatic heterocycles. The van der Waals surface area contributed by atoms with E-state index in [1.165, 1.54) is 11.1 Å². The lowest BCUT2D eigenvalue weighted by Gasteiger charge is -2.11. The van der Waals surface area contributed by atoms with Gasteiger partial charge in [0, 0.05) is 30.1 Å². The van der Waals surface area contributed by atoms with Crippen molar-refractivity contribution in [2.45, 2.75) is 19.5 Å². The van der Waals surface area contributed by atoms with Crippen LogP contribution in [0.1, 0.15) is 12.5 Å². The number of aromatic nitrogens is 2. The van der Waals surface area contributed by atoms with Gasteiger partial charge >= 0.3 is 0 Å². The monoisotopic (exact) mass is 235 g/mol. The molecule has 0 aliphatic carbocycles. The summed E-state index contributed by atoms with van der Waals surface area (Å²) in [6.07, 6.45) is 6.05. The lowest BCUT2D eigenvalue weighted by atomic mass is 10.2. The van der Waals surface area contributed by atoms with Crippen LogP contribution in [-0.2, 0) is 6.54 Å². The summed E-state index contributed by atoms with van der Waals surface area (Å²) in [4.78, 5) is 0. The highest BCUT2D eigenvalue weighted by Crippen LogP contribution is 2.09. The fourth-order valence-corrected chi connectivity index (χ4v) is 2.33. The van der Waals surface area contributed by atoms with E-state index in [1.807, 2.05) is 40.8 Å². The van der Waals surface area contributed by atoms with Crippen LogP contribution in [0.3, 0.4) is 0 Å². The van der Waals surface area contributed by atoms with Crippen LogP contribution in [0.25, 0.3) is 5.52 Å². The minimum absolute atomic E-state index is 0.536. The van der Waals surface area contributed by atoms with Crippen molar-refractivity contribution in [1.82, 2.24) is 14.9 Å². The Morgan fingerprint density at radius 2 is 2.38 bits per heavy atom. The molecule has 1 atom stereocenters. The second-order valence-electron chi connectivity index (χ2n) is 3.94. The molecule has 1 N–H and O–H groups in total. The first-order chi connectivity index (χ1) is 7.81. The molecule has 0 aliphatic heterocycles. The highest BCUT2D eigenvalue weighted by Gasteiger charge is 2.05. The molecule has 2 heterocycles. The van der Waals surface area contributed by atoms with E-state index in [9.17, 15) is 0 Å². The lowest BCUT2D eigenvalue weighted by Crippen LogP contribution is -2.27. The van der Waals surface area contributed by atoms with Crippen LogP contribution in [-0.4, -0.2) is 27.7 Å². The van der Waals surface area contributed by atoms with Gasteiger partial charge in [0.15, 0.2) is 0 Å². The minimum atomic E-state index is 0.536. The third-order valence-corrected chi connectivity index (χ3v) is 3.40. The summed E-state index contributed by atoms with van der Waals surface area (Å²) < 4.78 is 1.91. The van der Waals surface area contributed by atoms with E-state index in [2.05, 4.69) is 29.7 Å². The van der Waals surface area contributed by atoms with Gasteiger partial charge < -0.3 is 5.32 Å². The van der Waals surface area contributed by atoms with E-state index >= 15 is 0 Å². The van der Waals surface area contributed by atoms with Crippen LogP contribution >= 0.6 is 11.8 Å². The van der Waals surface area contributed by atoms with Gasteiger partial charge in [-0.25, -0.2) is 4.52 Å². The molecule has 0 radical (unpaired) electrons. The van der Waals surface area contributed by atoms with Crippen LogP contribution in [0.15, 0.2) is 30.6 Å². The summed E-state index contributed by atoms with van der Waals surface area (Å²) in [5.41, 5.74) is 2.44. The van der Waals surface area contributed by atoms with E-state index < -0.39 is 0 Å². The standard InChI is InChI=1S/C12H17N3S/c1-10(9-16-2)13-7-11-8-14-15-6-4-3-5-12(11)15/h3-6,8,10,13H,7,9H2,1-2H3. The third kappa shape index (κ3) is 2.57. The Balaban J connectivity index is 2.04. The first kappa shape index (κ1) is 11.5.